The van der Waals surface area contributed by atoms with Crippen LogP contribution in [0.2, 0.25) is 0 Å². The maximum Gasteiger partial charge on any atom is 0.239 e. The Hall–Kier alpha value is -3.03. The molecule has 2 aromatic heterocycles. The second-order valence-corrected chi connectivity index (χ2v) is 6.20. The van der Waals surface area contributed by atoms with Gasteiger partial charge in [-0.1, -0.05) is 12.1 Å². The smallest absolute Gasteiger partial charge is 0.239 e. The van der Waals surface area contributed by atoms with E-state index >= 15 is 0 Å². The zero-order valence-corrected chi connectivity index (χ0v) is 15.0. The van der Waals surface area contributed by atoms with E-state index in [0.29, 0.717) is 29.4 Å². The number of carbonyl (C=O) groups excluding carboxylic acids is 1. The summed E-state index contributed by atoms with van der Waals surface area (Å²) in [5.74, 6) is 0.443. The Morgan fingerprint density at radius 2 is 2.00 bits per heavy atom. The fourth-order valence-corrected chi connectivity index (χ4v) is 2.65. The fraction of sp³-hybridized carbons (Fsp3) is 0.333. The van der Waals surface area contributed by atoms with Gasteiger partial charge in [0.2, 0.25) is 5.91 Å². The topological polar surface area (TPSA) is 75.4 Å². The minimum Gasteiger partial charge on any atom is -0.352 e. The molecule has 1 N–H and O–H groups in total. The first-order valence-corrected chi connectivity index (χ1v) is 8.51. The van der Waals surface area contributed by atoms with Gasteiger partial charge in [-0.2, -0.15) is 4.52 Å². The summed E-state index contributed by atoms with van der Waals surface area (Å²) in [5, 5.41) is 15.5. The first-order valence-electron chi connectivity index (χ1n) is 8.51. The first-order chi connectivity index (χ1) is 12.5. The molecule has 7 nitrogen and oxygen atoms in total. The highest BCUT2D eigenvalue weighted by molar-refractivity contribution is 5.81. The SMILES string of the molecule is CCN(CC(=O)NC(C)C)c1ccc2nnc(-c3ccccc3F)n2n1. The van der Waals surface area contributed by atoms with Crippen LogP contribution in [0.3, 0.4) is 0 Å². The van der Waals surface area contributed by atoms with Crippen molar-refractivity contribution in [1.29, 1.82) is 0 Å². The van der Waals surface area contributed by atoms with E-state index in [1.165, 1.54) is 10.6 Å². The molecule has 26 heavy (non-hydrogen) atoms. The molecule has 8 heteroatoms. The molecule has 0 aliphatic heterocycles. The van der Waals surface area contributed by atoms with Gasteiger partial charge >= 0.3 is 0 Å². The van der Waals surface area contributed by atoms with E-state index in [2.05, 4.69) is 20.6 Å². The molecule has 136 valence electrons. The molecule has 2 heterocycles. The van der Waals surface area contributed by atoms with E-state index in [1.54, 1.807) is 30.3 Å². The molecule has 3 rings (SSSR count). The Morgan fingerprint density at radius 3 is 2.69 bits per heavy atom. The highest BCUT2D eigenvalue weighted by atomic mass is 19.1. The summed E-state index contributed by atoms with van der Waals surface area (Å²) < 4.78 is 15.6. The number of fused-ring (bicyclic) bond motifs is 1. The Balaban J connectivity index is 1.96. The number of nitrogens with one attached hydrogen (secondary N) is 1. The molecular formula is C18H21FN6O. The lowest BCUT2D eigenvalue weighted by atomic mass is 10.2. The van der Waals surface area contributed by atoms with Crippen molar-refractivity contribution in [1.82, 2.24) is 25.1 Å². The standard InChI is InChI=1S/C18H21FN6O/c1-4-24(11-17(26)20-12(2)3)16-10-9-15-21-22-18(25(15)23-16)13-7-5-6-8-14(13)19/h5-10,12H,4,11H2,1-3H3,(H,20,26). The van der Waals surface area contributed by atoms with Crippen molar-refractivity contribution in [3.8, 4) is 11.4 Å². The van der Waals surface area contributed by atoms with Crippen LogP contribution < -0.4 is 10.2 Å². The number of carbonyl (C=O) groups is 1. The molecule has 0 radical (unpaired) electrons. The predicted octanol–water partition coefficient (Wildman–Crippen LogP) is 2.28. The lowest BCUT2D eigenvalue weighted by molar-refractivity contribution is -0.120. The van der Waals surface area contributed by atoms with Gasteiger partial charge in [0.1, 0.15) is 11.6 Å². The van der Waals surface area contributed by atoms with E-state index in [-0.39, 0.29) is 18.5 Å². The van der Waals surface area contributed by atoms with Crippen LogP contribution in [0.25, 0.3) is 17.0 Å². The maximum absolute atomic E-state index is 14.1. The van der Waals surface area contributed by atoms with Crippen LogP contribution in [0.5, 0.6) is 0 Å². The Labute approximate surface area is 150 Å². The number of likely N-dealkylation sites (N-methyl/N-ethyl adjacent to an activating group) is 1. The van der Waals surface area contributed by atoms with Gasteiger partial charge in [-0.25, -0.2) is 4.39 Å². The van der Waals surface area contributed by atoms with Crippen LogP contribution in [0.1, 0.15) is 20.8 Å². The average Bonchev–Trinajstić information content (AvgIpc) is 3.02. The number of hydrogen-bond donors (Lipinski definition) is 1. The number of hydrogen-bond acceptors (Lipinski definition) is 5. The number of halogens is 1. The van der Waals surface area contributed by atoms with Gasteiger partial charge in [-0.05, 0) is 45.0 Å². The van der Waals surface area contributed by atoms with Crippen molar-refractivity contribution in [2.45, 2.75) is 26.8 Å². The third kappa shape index (κ3) is 3.63. The Bertz CT molecular complexity index is 923. The van der Waals surface area contributed by atoms with Crippen molar-refractivity contribution >= 4 is 17.4 Å². The number of aromatic nitrogens is 4. The molecule has 0 aliphatic rings. The lowest BCUT2D eigenvalue weighted by Gasteiger charge is -2.22. The monoisotopic (exact) mass is 356 g/mol. The molecule has 0 unspecified atom stereocenters. The van der Waals surface area contributed by atoms with E-state index in [9.17, 15) is 9.18 Å². The van der Waals surface area contributed by atoms with Gasteiger partial charge in [0.25, 0.3) is 0 Å². The van der Waals surface area contributed by atoms with E-state index in [4.69, 9.17) is 0 Å². The van der Waals surface area contributed by atoms with Crippen LogP contribution in [0.4, 0.5) is 10.2 Å². The summed E-state index contributed by atoms with van der Waals surface area (Å²) in [7, 11) is 0. The summed E-state index contributed by atoms with van der Waals surface area (Å²) in [6.07, 6.45) is 0. The van der Waals surface area contributed by atoms with Gasteiger partial charge < -0.3 is 10.2 Å². The van der Waals surface area contributed by atoms with E-state index < -0.39 is 5.82 Å². The van der Waals surface area contributed by atoms with Gasteiger partial charge in [0.15, 0.2) is 11.5 Å². The molecule has 0 aliphatic carbocycles. The lowest BCUT2D eigenvalue weighted by Crippen LogP contribution is -2.40. The minimum atomic E-state index is -0.391. The molecule has 3 aromatic rings. The Morgan fingerprint density at radius 1 is 1.23 bits per heavy atom. The van der Waals surface area contributed by atoms with Gasteiger partial charge in [0, 0.05) is 12.6 Å². The number of nitrogens with zero attached hydrogens (tertiary/aromatic N) is 5. The second kappa shape index (κ2) is 7.47. The molecule has 0 saturated carbocycles. The van der Waals surface area contributed by atoms with Gasteiger partial charge in [0.05, 0.1) is 12.1 Å². The van der Waals surface area contributed by atoms with Gasteiger partial charge in [-0.3, -0.25) is 4.79 Å². The van der Waals surface area contributed by atoms with Crippen molar-refractivity contribution in [3.63, 3.8) is 0 Å². The minimum absolute atomic E-state index is 0.0714. The fourth-order valence-electron chi connectivity index (χ4n) is 2.65. The molecular weight excluding hydrogens is 335 g/mol. The third-order valence-electron chi connectivity index (χ3n) is 3.85. The molecule has 0 fully saturated rings. The number of amides is 1. The molecule has 0 atom stereocenters. The average molecular weight is 356 g/mol. The zero-order chi connectivity index (χ0) is 18.7. The number of rotatable bonds is 6. The second-order valence-electron chi connectivity index (χ2n) is 6.20. The Kier molecular flexibility index (Phi) is 5.11. The normalized spacial score (nSPS) is 11.1. The van der Waals surface area contributed by atoms with E-state index in [0.717, 1.165) is 0 Å². The third-order valence-corrected chi connectivity index (χ3v) is 3.85. The summed E-state index contributed by atoms with van der Waals surface area (Å²) in [4.78, 5) is 13.9. The zero-order valence-electron chi connectivity index (χ0n) is 15.0. The molecule has 1 aromatic carbocycles. The highest BCUT2D eigenvalue weighted by Gasteiger charge is 2.16. The summed E-state index contributed by atoms with van der Waals surface area (Å²) in [5.41, 5.74) is 0.833. The van der Waals surface area contributed by atoms with E-state index in [1.807, 2.05) is 25.7 Å². The van der Waals surface area contributed by atoms with Crippen molar-refractivity contribution < 1.29 is 9.18 Å². The van der Waals surface area contributed by atoms with Crippen LogP contribution in [0, 0.1) is 5.82 Å². The first kappa shape index (κ1) is 17.8. The van der Waals surface area contributed by atoms with Crippen molar-refractivity contribution in [2.75, 3.05) is 18.0 Å². The van der Waals surface area contributed by atoms with Crippen molar-refractivity contribution in [2.24, 2.45) is 0 Å². The van der Waals surface area contributed by atoms with Crippen LogP contribution >= 0.6 is 0 Å². The number of benzene rings is 1. The van der Waals surface area contributed by atoms with Crippen molar-refractivity contribution in [3.05, 3.63) is 42.2 Å². The quantitative estimate of drug-likeness (QED) is 0.733. The predicted molar refractivity (Wildman–Crippen MR) is 97.3 cm³/mol. The van der Waals surface area contributed by atoms with Crippen LogP contribution in [-0.2, 0) is 4.79 Å². The summed E-state index contributed by atoms with van der Waals surface area (Å²) >= 11 is 0. The summed E-state index contributed by atoms with van der Waals surface area (Å²) in [6, 6.07) is 9.96. The molecule has 1 amide bonds. The van der Waals surface area contributed by atoms with Gasteiger partial charge in [-0.15, -0.1) is 15.3 Å². The molecule has 0 bridgehead atoms. The number of anilines is 1. The molecule has 0 saturated heterocycles. The highest BCUT2D eigenvalue weighted by Crippen LogP contribution is 2.22. The largest absolute Gasteiger partial charge is 0.352 e. The maximum atomic E-state index is 14.1. The molecule has 0 spiro atoms. The summed E-state index contributed by atoms with van der Waals surface area (Å²) in [6.45, 7) is 6.55. The van der Waals surface area contributed by atoms with Crippen LogP contribution in [-0.4, -0.2) is 44.8 Å². The van der Waals surface area contributed by atoms with Crippen LogP contribution in [0.15, 0.2) is 36.4 Å².